The third-order valence-corrected chi connectivity index (χ3v) is 2.93. The van der Waals surface area contributed by atoms with Crippen molar-refractivity contribution in [3.8, 4) is 0 Å². The Kier molecular flexibility index (Phi) is 4.43. The minimum atomic E-state index is 0.113. The summed E-state index contributed by atoms with van der Waals surface area (Å²) in [5.41, 5.74) is 1.42. The van der Waals surface area contributed by atoms with Crippen LogP contribution in [0.2, 0.25) is 0 Å². The van der Waals surface area contributed by atoms with Crippen LogP contribution in [0.3, 0.4) is 0 Å². The van der Waals surface area contributed by atoms with Gasteiger partial charge in [0.25, 0.3) is 0 Å². The third-order valence-electron chi connectivity index (χ3n) is 2.93. The smallest absolute Gasteiger partial charge is 0.242 e. The van der Waals surface area contributed by atoms with Crippen LogP contribution < -0.4 is 0 Å². The lowest BCUT2D eigenvalue weighted by atomic mass is 10.3. The summed E-state index contributed by atoms with van der Waals surface area (Å²) in [6.45, 7) is 6.04. The topological polar surface area (TPSA) is 63.9 Å². The zero-order valence-corrected chi connectivity index (χ0v) is 11.4. The van der Waals surface area contributed by atoms with E-state index >= 15 is 0 Å². The highest BCUT2D eigenvalue weighted by Crippen LogP contribution is 2.08. The van der Waals surface area contributed by atoms with E-state index in [1.165, 1.54) is 6.33 Å². The molecule has 0 aliphatic rings. The number of hydrogen-bond acceptors (Lipinski definition) is 4. The summed E-state index contributed by atoms with van der Waals surface area (Å²) in [4.78, 5) is 26.4. The minimum absolute atomic E-state index is 0.113. The molecule has 0 aromatic carbocycles. The molecule has 0 atom stereocenters. The Morgan fingerprint density at radius 1 is 1.26 bits per heavy atom. The summed E-state index contributed by atoms with van der Waals surface area (Å²) in [6, 6.07) is 0. The van der Waals surface area contributed by atoms with Crippen LogP contribution in [0.1, 0.15) is 26.7 Å². The van der Waals surface area contributed by atoms with Crippen molar-refractivity contribution in [2.24, 2.45) is 0 Å². The van der Waals surface area contributed by atoms with E-state index in [0.717, 1.165) is 25.9 Å². The Morgan fingerprint density at radius 3 is 2.68 bits per heavy atom. The zero-order chi connectivity index (χ0) is 13.7. The first-order valence-corrected chi connectivity index (χ1v) is 6.64. The van der Waals surface area contributed by atoms with Crippen LogP contribution in [-0.4, -0.2) is 43.4 Å². The predicted octanol–water partition coefficient (Wildman–Crippen LogP) is 1.47. The molecule has 6 nitrogen and oxygen atoms in total. The lowest BCUT2D eigenvalue weighted by molar-refractivity contribution is -0.131. The summed E-state index contributed by atoms with van der Waals surface area (Å²) in [6.07, 6.45) is 6.71. The monoisotopic (exact) mass is 261 g/mol. The van der Waals surface area contributed by atoms with Gasteiger partial charge in [-0.1, -0.05) is 13.8 Å². The van der Waals surface area contributed by atoms with Gasteiger partial charge in [-0.15, -0.1) is 0 Å². The van der Waals surface area contributed by atoms with E-state index in [1.807, 2.05) is 4.90 Å². The van der Waals surface area contributed by atoms with Crippen LogP contribution in [0.4, 0.5) is 0 Å². The molecule has 102 valence electrons. The number of fused-ring (bicyclic) bond motifs is 1. The molecule has 0 aliphatic heterocycles. The lowest BCUT2D eigenvalue weighted by Crippen LogP contribution is -2.35. The quantitative estimate of drug-likeness (QED) is 0.790. The highest BCUT2D eigenvalue weighted by atomic mass is 16.2. The van der Waals surface area contributed by atoms with Gasteiger partial charge >= 0.3 is 0 Å². The fraction of sp³-hybridized carbons (Fsp3) is 0.538. The number of amides is 1. The molecule has 0 saturated heterocycles. The van der Waals surface area contributed by atoms with E-state index < -0.39 is 0 Å². The van der Waals surface area contributed by atoms with E-state index in [0.29, 0.717) is 11.2 Å². The lowest BCUT2D eigenvalue weighted by Gasteiger charge is -2.21. The summed E-state index contributed by atoms with van der Waals surface area (Å²) >= 11 is 0. The maximum absolute atomic E-state index is 12.3. The number of hydrogen-bond donors (Lipinski definition) is 0. The van der Waals surface area contributed by atoms with E-state index in [1.54, 1.807) is 17.1 Å². The largest absolute Gasteiger partial charge is 0.341 e. The maximum Gasteiger partial charge on any atom is 0.242 e. The van der Waals surface area contributed by atoms with Gasteiger partial charge in [-0.25, -0.2) is 15.0 Å². The van der Waals surface area contributed by atoms with E-state index in [4.69, 9.17) is 0 Å². The predicted molar refractivity (Wildman–Crippen MR) is 72.5 cm³/mol. The van der Waals surface area contributed by atoms with Gasteiger partial charge in [-0.2, -0.15) is 0 Å². The molecule has 0 fully saturated rings. The summed E-state index contributed by atoms with van der Waals surface area (Å²) in [7, 11) is 0. The molecule has 0 N–H and O–H groups in total. The molecule has 2 heterocycles. The Labute approximate surface area is 112 Å². The Balaban J connectivity index is 2.13. The third kappa shape index (κ3) is 3.07. The molecular weight excluding hydrogens is 242 g/mol. The minimum Gasteiger partial charge on any atom is -0.341 e. The number of rotatable bonds is 6. The standard InChI is InChI=1S/C13H19N5O/c1-3-5-17(6-4-2)12(19)8-18-10-16-11-7-14-9-15-13(11)18/h7,9-10H,3-6,8H2,1-2H3. The molecule has 0 radical (unpaired) electrons. The van der Waals surface area contributed by atoms with Gasteiger partial charge in [0.05, 0.1) is 12.5 Å². The first kappa shape index (κ1) is 13.5. The van der Waals surface area contributed by atoms with Crippen LogP contribution in [-0.2, 0) is 11.3 Å². The maximum atomic E-state index is 12.3. The van der Waals surface area contributed by atoms with E-state index in [2.05, 4.69) is 28.8 Å². The van der Waals surface area contributed by atoms with Gasteiger partial charge in [0, 0.05) is 13.1 Å². The second kappa shape index (κ2) is 6.26. The SMILES string of the molecule is CCCN(CCC)C(=O)Cn1cnc2cncnc21. The van der Waals surface area contributed by atoms with Gasteiger partial charge < -0.3 is 9.47 Å². The van der Waals surface area contributed by atoms with E-state index in [9.17, 15) is 4.79 Å². The van der Waals surface area contributed by atoms with Crippen molar-refractivity contribution in [3.63, 3.8) is 0 Å². The van der Waals surface area contributed by atoms with Crippen molar-refractivity contribution in [2.45, 2.75) is 33.2 Å². The number of carbonyl (C=O) groups excluding carboxylic acids is 1. The highest BCUT2D eigenvalue weighted by molar-refractivity contribution is 5.78. The first-order chi connectivity index (χ1) is 9.26. The molecule has 0 saturated carbocycles. The Hall–Kier alpha value is -1.98. The average Bonchev–Trinajstić information content (AvgIpc) is 2.82. The van der Waals surface area contributed by atoms with Crippen molar-refractivity contribution in [1.82, 2.24) is 24.4 Å². The van der Waals surface area contributed by atoms with Crippen LogP contribution in [0.15, 0.2) is 18.9 Å². The fourth-order valence-corrected chi connectivity index (χ4v) is 2.08. The number of carbonyl (C=O) groups is 1. The molecule has 0 spiro atoms. The zero-order valence-electron chi connectivity index (χ0n) is 11.4. The molecule has 2 aromatic rings. The number of aromatic nitrogens is 4. The fourth-order valence-electron chi connectivity index (χ4n) is 2.08. The summed E-state index contributed by atoms with van der Waals surface area (Å²) in [5, 5.41) is 0. The molecule has 0 bridgehead atoms. The second-order valence-corrected chi connectivity index (χ2v) is 4.48. The Bertz CT molecular complexity index is 545. The number of imidazole rings is 1. The van der Waals surface area contributed by atoms with Crippen LogP contribution in [0.25, 0.3) is 11.2 Å². The van der Waals surface area contributed by atoms with Crippen molar-refractivity contribution < 1.29 is 4.79 Å². The summed E-state index contributed by atoms with van der Waals surface area (Å²) < 4.78 is 1.78. The van der Waals surface area contributed by atoms with Crippen molar-refractivity contribution in [3.05, 3.63) is 18.9 Å². The molecule has 6 heteroatoms. The second-order valence-electron chi connectivity index (χ2n) is 4.48. The van der Waals surface area contributed by atoms with Gasteiger partial charge in [-0.05, 0) is 12.8 Å². The molecule has 19 heavy (non-hydrogen) atoms. The highest BCUT2D eigenvalue weighted by Gasteiger charge is 2.14. The molecule has 0 aliphatic carbocycles. The molecule has 2 rings (SSSR count). The molecule has 2 aromatic heterocycles. The van der Waals surface area contributed by atoms with E-state index in [-0.39, 0.29) is 12.5 Å². The van der Waals surface area contributed by atoms with Crippen molar-refractivity contribution >= 4 is 17.1 Å². The molecule has 0 unspecified atom stereocenters. The molecular formula is C13H19N5O. The van der Waals surface area contributed by atoms with Crippen molar-refractivity contribution in [2.75, 3.05) is 13.1 Å². The Morgan fingerprint density at radius 2 is 2.00 bits per heavy atom. The van der Waals surface area contributed by atoms with Crippen LogP contribution >= 0.6 is 0 Å². The number of nitrogens with zero attached hydrogens (tertiary/aromatic N) is 5. The first-order valence-electron chi connectivity index (χ1n) is 6.64. The van der Waals surface area contributed by atoms with Crippen LogP contribution in [0, 0.1) is 0 Å². The van der Waals surface area contributed by atoms with Gasteiger partial charge in [-0.3, -0.25) is 4.79 Å². The van der Waals surface area contributed by atoms with Gasteiger partial charge in [0.1, 0.15) is 18.4 Å². The summed E-state index contributed by atoms with van der Waals surface area (Å²) in [5.74, 6) is 0.113. The average molecular weight is 261 g/mol. The van der Waals surface area contributed by atoms with Gasteiger partial charge in [0.15, 0.2) is 5.65 Å². The normalized spacial score (nSPS) is 10.8. The molecule has 1 amide bonds. The van der Waals surface area contributed by atoms with Crippen molar-refractivity contribution in [1.29, 1.82) is 0 Å². The van der Waals surface area contributed by atoms with Gasteiger partial charge in [0.2, 0.25) is 5.91 Å². The van der Waals surface area contributed by atoms with Crippen LogP contribution in [0.5, 0.6) is 0 Å².